The van der Waals surface area contributed by atoms with Crippen molar-refractivity contribution in [1.82, 2.24) is 4.98 Å². The second kappa shape index (κ2) is 11.5. The van der Waals surface area contributed by atoms with Crippen LogP contribution in [0.1, 0.15) is 50.0 Å². The third-order valence-electron chi connectivity index (χ3n) is 7.17. The number of nitrogens with zero attached hydrogens (tertiary/aromatic N) is 2. The number of methoxy groups -OCH3 is 1. The minimum Gasteiger partial charge on any atom is -0.497 e. The number of hydrogen-bond donors (Lipinski definition) is 0. The van der Waals surface area contributed by atoms with Crippen LogP contribution in [0.15, 0.2) is 59.0 Å². The third kappa shape index (κ3) is 5.91. The molecule has 0 bridgehead atoms. The highest BCUT2D eigenvalue weighted by Gasteiger charge is 2.40. The number of thioether (sulfide) groups is 1. The maximum atomic E-state index is 12.9. The smallest absolute Gasteiger partial charge is 0.293 e. The summed E-state index contributed by atoms with van der Waals surface area (Å²) in [5, 5.41) is -0.482. The maximum absolute atomic E-state index is 12.9. The molecule has 0 radical (unpaired) electrons. The number of ether oxygens (including phenoxy) is 2. The van der Waals surface area contributed by atoms with E-state index in [1.807, 2.05) is 49.4 Å². The molecule has 2 heterocycles. The van der Waals surface area contributed by atoms with E-state index in [1.54, 1.807) is 19.2 Å². The first-order valence-corrected chi connectivity index (χ1v) is 13.7. The molecule has 1 unspecified atom stereocenters. The lowest BCUT2D eigenvalue weighted by molar-refractivity contribution is -0.117. The number of benzene rings is 2. The van der Waals surface area contributed by atoms with Crippen molar-refractivity contribution in [1.29, 1.82) is 0 Å². The van der Waals surface area contributed by atoms with Crippen molar-refractivity contribution in [2.24, 2.45) is 5.92 Å². The van der Waals surface area contributed by atoms with Gasteiger partial charge in [-0.05, 0) is 68.9 Å². The van der Waals surface area contributed by atoms with Crippen LogP contribution in [-0.2, 0) is 16.1 Å². The van der Waals surface area contributed by atoms with Crippen LogP contribution in [0.2, 0.25) is 0 Å². The summed E-state index contributed by atoms with van der Waals surface area (Å²) in [4.78, 5) is 31.4. The Hall–Kier alpha value is -3.10. The Labute approximate surface area is 221 Å². The zero-order valence-electron chi connectivity index (χ0n) is 21.2. The number of aromatic nitrogens is 1. The van der Waals surface area contributed by atoms with Crippen molar-refractivity contribution < 1.29 is 23.5 Å². The average molecular weight is 521 g/mol. The van der Waals surface area contributed by atoms with Crippen molar-refractivity contribution in [3.63, 3.8) is 0 Å². The summed E-state index contributed by atoms with van der Waals surface area (Å²) < 4.78 is 17.5. The van der Waals surface area contributed by atoms with E-state index in [0.29, 0.717) is 30.5 Å². The molecule has 37 heavy (non-hydrogen) atoms. The van der Waals surface area contributed by atoms with Gasteiger partial charge in [0.25, 0.3) is 5.24 Å². The molecule has 1 aliphatic heterocycles. The van der Waals surface area contributed by atoms with Crippen molar-refractivity contribution in [3.05, 3.63) is 66.1 Å². The van der Waals surface area contributed by atoms with E-state index in [4.69, 9.17) is 13.9 Å². The van der Waals surface area contributed by atoms with Gasteiger partial charge in [0.2, 0.25) is 11.8 Å². The van der Waals surface area contributed by atoms with Crippen LogP contribution in [0.4, 0.5) is 10.5 Å². The van der Waals surface area contributed by atoms with Gasteiger partial charge < -0.3 is 13.9 Å². The van der Waals surface area contributed by atoms with Crippen LogP contribution in [0.25, 0.3) is 11.5 Å². The highest BCUT2D eigenvalue weighted by atomic mass is 32.2. The van der Waals surface area contributed by atoms with E-state index >= 15 is 0 Å². The van der Waals surface area contributed by atoms with Gasteiger partial charge in [0, 0.05) is 5.56 Å². The first kappa shape index (κ1) is 25.5. The Morgan fingerprint density at radius 1 is 1.08 bits per heavy atom. The van der Waals surface area contributed by atoms with Gasteiger partial charge in [-0.1, -0.05) is 48.9 Å². The van der Waals surface area contributed by atoms with Crippen molar-refractivity contribution in [3.8, 4) is 17.2 Å². The van der Waals surface area contributed by atoms with E-state index in [-0.39, 0.29) is 22.5 Å². The number of oxazole rings is 1. The highest BCUT2D eigenvalue weighted by Crippen LogP contribution is 2.37. The van der Waals surface area contributed by atoms with Gasteiger partial charge in [0.15, 0.2) is 0 Å². The van der Waals surface area contributed by atoms with Crippen LogP contribution in [0.5, 0.6) is 5.75 Å². The van der Waals surface area contributed by atoms with Gasteiger partial charge in [-0.25, -0.2) is 9.88 Å². The van der Waals surface area contributed by atoms with Gasteiger partial charge in [-0.2, -0.15) is 0 Å². The first-order chi connectivity index (χ1) is 18.0. The van der Waals surface area contributed by atoms with E-state index in [0.717, 1.165) is 66.6 Å². The lowest BCUT2D eigenvalue weighted by atomic mass is 9.84. The Balaban J connectivity index is 1.12. The Bertz CT molecular complexity index is 1240. The summed E-state index contributed by atoms with van der Waals surface area (Å²) >= 11 is 1.16. The Morgan fingerprint density at radius 2 is 1.92 bits per heavy atom. The molecule has 1 aromatic heterocycles. The van der Waals surface area contributed by atoms with Gasteiger partial charge in [0.1, 0.15) is 17.2 Å². The summed E-state index contributed by atoms with van der Waals surface area (Å²) in [6, 6.07) is 16.8. The summed E-state index contributed by atoms with van der Waals surface area (Å²) in [5.41, 5.74) is 2.33. The monoisotopic (exact) mass is 520 g/mol. The van der Waals surface area contributed by atoms with Crippen molar-refractivity contribution in [2.45, 2.75) is 63.4 Å². The van der Waals surface area contributed by atoms with Gasteiger partial charge in [-0.3, -0.25) is 9.59 Å². The van der Waals surface area contributed by atoms with Crippen LogP contribution in [-0.4, -0.2) is 34.6 Å². The van der Waals surface area contributed by atoms with Crippen molar-refractivity contribution >= 4 is 28.6 Å². The fraction of sp³-hybridized carbons (Fsp3) is 0.414. The molecule has 1 saturated carbocycles. The summed E-state index contributed by atoms with van der Waals surface area (Å²) in [6.07, 6.45) is 6.00. The third-order valence-corrected chi connectivity index (χ3v) is 8.28. The zero-order chi connectivity index (χ0) is 25.8. The van der Waals surface area contributed by atoms with E-state index < -0.39 is 0 Å². The minimum absolute atomic E-state index is 0.0989. The fourth-order valence-corrected chi connectivity index (χ4v) is 6.14. The largest absolute Gasteiger partial charge is 0.497 e. The molecule has 3 atom stereocenters. The molecule has 3 aromatic rings. The molecule has 0 spiro atoms. The molecule has 2 aliphatic rings. The fourth-order valence-electron chi connectivity index (χ4n) is 5.13. The molecule has 0 N–H and O–H groups in total. The molecule has 2 aromatic carbocycles. The predicted molar refractivity (Wildman–Crippen MR) is 144 cm³/mol. The molecule has 5 rings (SSSR count). The minimum atomic E-state index is -0.304. The number of para-hydroxylation sites is 1. The average Bonchev–Trinajstić information content (AvgIpc) is 3.44. The number of carbonyl (C=O) groups is 2. The quantitative estimate of drug-likeness (QED) is 0.307. The molecule has 2 amide bonds. The Morgan fingerprint density at radius 3 is 2.73 bits per heavy atom. The first-order valence-electron chi connectivity index (χ1n) is 12.8. The molecular formula is C29H32N2O5S. The number of anilines is 1. The summed E-state index contributed by atoms with van der Waals surface area (Å²) in [5.74, 6) is 2.47. The van der Waals surface area contributed by atoms with Gasteiger partial charge >= 0.3 is 0 Å². The number of carbonyl (C=O) groups excluding carboxylic acids is 2. The van der Waals surface area contributed by atoms with Crippen LogP contribution in [0, 0.1) is 12.8 Å². The Kier molecular flexibility index (Phi) is 7.96. The standard InChI is InChI=1S/C29H32N2O5S/c1-19-25(30-27(36-19)21-9-7-12-23(17-21)34-2)18-35-24-13-6-8-20(16-24)14-15-26-28(32)31(29(33)37-26)22-10-4-3-5-11-22/h3-5,7,9-12,17,20,24,26H,6,8,13-16,18H2,1-2H3/t20-,24-,26?/m1/s1. The number of imide groups is 1. The number of amides is 2. The van der Waals surface area contributed by atoms with Crippen LogP contribution < -0.4 is 9.64 Å². The van der Waals surface area contributed by atoms with E-state index in [9.17, 15) is 9.59 Å². The molecule has 7 nitrogen and oxygen atoms in total. The van der Waals surface area contributed by atoms with Crippen LogP contribution in [0.3, 0.4) is 0 Å². The van der Waals surface area contributed by atoms with Crippen LogP contribution >= 0.6 is 11.8 Å². The number of aryl methyl sites for hydroxylation is 1. The number of hydrogen-bond acceptors (Lipinski definition) is 7. The summed E-state index contributed by atoms with van der Waals surface area (Å²) in [6.45, 7) is 2.32. The molecule has 8 heteroatoms. The molecule has 2 fully saturated rings. The van der Waals surface area contributed by atoms with Gasteiger partial charge in [-0.15, -0.1) is 0 Å². The normalized spacial score (nSPS) is 22.0. The second-order valence-electron chi connectivity index (χ2n) is 9.68. The number of rotatable bonds is 9. The lowest BCUT2D eigenvalue weighted by Crippen LogP contribution is -2.31. The highest BCUT2D eigenvalue weighted by molar-refractivity contribution is 8.15. The van der Waals surface area contributed by atoms with E-state index in [2.05, 4.69) is 4.98 Å². The van der Waals surface area contributed by atoms with Gasteiger partial charge in [0.05, 0.1) is 30.8 Å². The SMILES string of the molecule is COc1cccc(-c2nc(CO[C@@H]3CCC[C@H](CCC4SC(=O)N(c5ccccc5)C4=O)C3)c(C)o2)c1. The molecule has 1 aliphatic carbocycles. The molecular weight excluding hydrogens is 488 g/mol. The molecule has 1 saturated heterocycles. The lowest BCUT2D eigenvalue weighted by Gasteiger charge is -2.29. The predicted octanol–water partition coefficient (Wildman–Crippen LogP) is 6.78. The van der Waals surface area contributed by atoms with E-state index in [1.165, 1.54) is 4.90 Å². The topological polar surface area (TPSA) is 81.9 Å². The van der Waals surface area contributed by atoms with Crippen molar-refractivity contribution in [2.75, 3.05) is 12.0 Å². The maximum Gasteiger partial charge on any atom is 0.293 e. The molecule has 194 valence electrons. The summed E-state index contributed by atoms with van der Waals surface area (Å²) in [7, 11) is 1.64. The zero-order valence-corrected chi connectivity index (χ0v) is 22.0. The second-order valence-corrected chi connectivity index (χ2v) is 10.8.